The number of rotatable bonds is 5. The van der Waals surface area contributed by atoms with Gasteiger partial charge in [0, 0.05) is 38.1 Å². The van der Waals surface area contributed by atoms with Gasteiger partial charge in [0.25, 0.3) is 0 Å². The molecule has 1 N–H and O–H groups in total. The first-order valence-electron chi connectivity index (χ1n) is 9.87. The molecular weight excluding hydrogens is 354 g/mol. The minimum Gasteiger partial charge on any atom is -0.380 e. The molecule has 0 spiro atoms. The van der Waals surface area contributed by atoms with E-state index in [1.165, 1.54) is 5.56 Å². The zero-order valence-corrected chi connectivity index (χ0v) is 16.7. The van der Waals surface area contributed by atoms with Crippen molar-refractivity contribution in [1.82, 2.24) is 29.5 Å². The molecule has 0 amide bonds. The largest absolute Gasteiger partial charge is 0.380 e. The molecule has 3 aromatic rings. The molecule has 0 fully saturated rings. The van der Waals surface area contributed by atoms with E-state index in [1.807, 2.05) is 37.0 Å². The van der Waals surface area contributed by atoms with Crippen molar-refractivity contribution >= 4 is 5.82 Å². The Kier molecular flexibility index (Phi) is 5.13. The number of hydrogen-bond acceptors (Lipinski definition) is 6. The van der Waals surface area contributed by atoms with Crippen LogP contribution in [0.1, 0.15) is 54.3 Å². The fraction of sp³-hybridized carbons (Fsp3) is 0.500. The van der Waals surface area contributed by atoms with Crippen molar-refractivity contribution in [1.29, 1.82) is 0 Å². The Morgan fingerprint density at radius 3 is 2.89 bits per heavy atom. The van der Waals surface area contributed by atoms with Gasteiger partial charge in [-0.25, -0.2) is 9.97 Å². The summed E-state index contributed by atoms with van der Waals surface area (Å²) in [4.78, 5) is 11.5. The van der Waals surface area contributed by atoms with E-state index in [2.05, 4.69) is 27.0 Å². The van der Waals surface area contributed by atoms with Crippen LogP contribution in [-0.4, -0.2) is 41.2 Å². The van der Waals surface area contributed by atoms with Gasteiger partial charge in [-0.3, -0.25) is 9.36 Å². The number of aromatic nitrogens is 6. The highest BCUT2D eigenvalue weighted by molar-refractivity contribution is 5.47. The average molecular weight is 381 g/mol. The summed E-state index contributed by atoms with van der Waals surface area (Å²) in [5, 5.41) is 19.6. The normalized spacial score (nSPS) is 15.4. The van der Waals surface area contributed by atoms with Crippen LogP contribution < -0.4 is 4.90 Å². The first-order valence-corrected chi connectivity index (χ1v) is 9.87. The molecule has 0 bridgehead atoms. The molecule has 1 atom stereocenters. The van der Waals surface area contributed by atoms with Gasteiger partial charge in [0.15, 0.2) is 0 Å². The number of aliphatic hydroxyl groups is 1. The van der Waals surface area contributed by atoms with Crippen LogP contribution in [0.3, 0.4) is 0 Å². The predicted octanol–water partition coefficient (Wildman–Crippen LogP) is 2.16. The molecule has 4 heterocycles. The van der Waals surface area contributed by atoms with Gasteiger partial charge in [-0.05, 0) is 31.9 Å². The molecule has 148 valence electrons. The molecule has 0 saturated heterocycles. The van der Waals surface area contributed by atoms with Crippen molar-refractivity contribution in [2.45, 2.75) is 52.3 Å². The molecule has 0 radical (unpaired) electrons. The topological polar surface area (TPSA) is 84.9 Å². The van der Waals surface area contributed by atoms with Gasteiger partial charge in [0.1, 0.15) is 17.7 Å². The van der Waals surface area contributed by atoms with Crippen LogP contribution in [0, 0.1) is 6.92 Å². The van der Waals surface area contributed by atoms with Crippen molar-refractivity contribution < 1.29 is 5.11 Å². The molecule has 1 unspecified atom stereocenters. The number of fused-ring (bicyclic) bond motifs is 1. The maximum atomic E-state index is 10.7. The molecule has 28 heavy (non-hydrogen) atoms. The highest BCUT2D eigenvalue weighted by atomic mass is 16.3. The van der Waals surface area contributed by atoms with Crippen molar-refractivity contribution in [3.8, 4) is 0 Å². The van der Waals surface area contributed by atoms with Gasteiger partial charge in [0.05, 0.1) is 23.6 Å². The van der Waals surface area contributed by atoms with Gasteiger partial charge in [-0.1, -0.05) is 13.3 Å². The lowest BCUT2D eigenvalue weighted by Gasteiger charge is -2.24. The number of aryl methyl sites for hydroxylation is 4. The monoisotopic (exact) mass is 381 g/mol. The van der Waals surface area contributed by atoms with Crippen molar-refractivity contribution in [2.24, 2.45) is 7.05 Å². The van der Waals surface area contributed by atoms with Gasteiger partial charge >= 0.3 is 0 Å². The third kappa shape index (κ3) is 3.52. The quantitative estimate of drug-likeness (QED) is 0.729. The molecule has 0 aromatic carbocycles. The van der Waals surface area contributed by atoms with Crippen LogP contribution in [0.5, 0.6) is 0 Å². The van der Waals surface area contributed by atoms with E-state index in [1.54, 1.807) is 10.9 Å². The maximum Gasteiger partial charge on any atom is 0.139 e. The van der Waals surface area contributed by atoms with Gasteiger partial charge in [-0.15, -0.1) is 0 Å². The smallest absolute Gasteiger partial charge is 0.139 e. The van der Waals surface area contributed by atoms with Gasteiger partial charge in [-0.2, -0.15) is 10.2 Å². The van der Waals surface area contributed by atoms with E-state index in [0.29, 0.717) is 5.69 Å². The van der Waals surface area contributed by atoms with Gasteiger partial charge in [0.2, 0.25) is 0 Å². The van der Waals surface area contributed by atoms with Crippen LogP contribution in [0.25, 0.3) is 0 Å². The summed E-state index contributed by atoms with van der Waals surface area (Å²) < 4.78 is 3.70. The first kappa shape index (κ1) is 18.6. The van der Waals surface area contributed by atoms with Crippen LogP contribution in [0.15, 0.2) is 24.5 Å². The third-order valence-corrected chi connectivity index (χ3v) is 5.23. The lowest BCUT2D eigenvalue weighted by molar-refractivity contribution is 0.203. The number of anilines is 1. The average Bonchev–Trinajstić information content (AvgIpc) is 3.23. The second-order valence-corrected chi connectivity index (χ2v) is 7.36. The Morgan fingerprint density at radius 2 is 2.14 bits per heavy atom. The number of hydrogen-bond donors (Lipinski definition) is 1. The molecule has 4 rings (SSSR count). The van der Waals surface area contributed by atoms with Crippen molar-refractivity contribution in [3.05, 3.63) is 53.0 Å². The second-order valence-electron chi connectivity index (χ2n) is 7.36. The molecule has 1 aliphatic rings. The molecule has 1 aliphatic heterocycles. The second kappa shape index (κ2) is 7.71. The van der Waals surface area contributed by atoms with E-state index in [9.17, 15) is 5.11 Å². The van der Waals surface area contributed by atoms with E-state index in [-0.39, 0.29) is 0 Å². The Morgan fingerprint density at radius 1 is 1.29 bits per heavy atom. The Hall–Kier alpha value is -2.74. The fourth-order valence-electron chi connectivity index (χ4n) is 3.81. The summed E-state index contributed by atoms with van der Waals surface area (Å²) in [5.41, 5.74) is 3.68. The first-order chi connectivity index (χ1) is 13.6. The maximum absolute atomic E-state index is 10.7. The summed E-state index contributed by atoms with van der Waals surface area (Å²) in [6, 6.07) is 3.83. The van der Waals surface area contributed by atoms with E-state index >= 15 is 0 Å². The minimum absolute atomic E-state index is 0.660. The standard InChI is InChI=1S/C20H27N7O/c1-4-6-15-12-21-14(2)23-20(15)26-9-5-10-27-16(13-26)11-17(24-27)19(28)18-7-8-22-25(18)3/h7-8,11-12,19,28H,4-6,9-10,13H2,1-3H3. The lowest BCUT2D eigenvalue weighted by Crippen LogP contribution is -2.25. The minimum atomic E-state index is -0.780. The van der Waals surface area contributed by atoms with Crippen LogP contribution in [-0.2, 0) is 26.6 Å². The molecule has 0 saturated carbocycles. The zero-order chi connectivity index (χ0) is 19.7. The summed E-state index contributed by atoms with van der Waals surface area (Å²) in [5.74, 6) is 1.82. The molecular formula is C20H27N7O. The number of aliphatic hydroxyl groups excluding tert-OH is 1. The Bertz CT molecular complexity index is 961. The number of nitrogens with zero attached hydrogens (tertiary/aromatic N) is 7. The van der Waals surface area contributed by atoms with Crippen molar-refractivity contribution in [2.75, 3.05) is 11.4 Å². The zero-order valence-electron chi connectivity index (χ0n) is 16.7. The summed E-state index contributed by atoms with van der Waals surface area (Å²) in [7, 11) is 1.83. The van der Waals surface area contributed by atoms with Crippen LogP contribution >= 0.6 is 0 Å². The molecule has 8 heteroatoms. The molecule has 3 aromatic heterocycles. The summed E-state index contributed by atoms with van der Waals surface area (Å²) in [6.07, 6.45) is 5.87. The third-order valence-electron chi connectivity index (χ3n) is 5.23. The van der Waals surface area contributed by atoms with Crippen LogP contribution in [0.2, 0.25) is 0 Å². The van der Waals surface area contributed by atoms with E-state index < -0.39 is 6.10 Å². The fourth-order valence-corrected chi connectivity index (χ4v) is 3.81. The SMILES string of the molecule is CCCc1cnc(C)nc1N1CCCn2nc(C(O)c3ccnn3C)cc2C1. The Labute approximate surface area is 164 Å². The van der Waals surface area contributed by atoms with E-state index in [4.69, 9.17) is 4.98 Å². The molecule has 8 nitrogen and oxygen atoms in total. The highest BCUT2D eigenvalue weighted by Gasteiger charge is 2.24. The molecule has 0 aliphatic carbocycles. The highest BCUT2D eigenvalue weighted by Crippen LogP contribution is 2.26. The predicted molar refractivity (Wildman–Crippen MR) is 106 cm³/mol. The summed E-state index contributed by atoms with van der Waals surface area (Å²) in [6.45, 7) is 6.59. The lowest BCUT2D eigenvalue weighted by atomic mass is 10.1. The summed E-state index contributed by atoms with van der Waals surface area (Å²) >= 11 is 0. The van der Waals surface area contributed by atoms with Crippen LogP contribution in [0.4, 0.5) is 5.82 Å². The Balaban J connectivity index is 1.63. The van der Waals surface area contributed by atoms with Gasteiger partial charge < -0.3 is 10.0 Å². The van der Waals surface area contributed by atoms with E-state index in [0.717, 1.165) is 61.9 Å². The van der Waals surface area contributed by atoms with Crippen molar-refractivity contribution in [3.63, 3.8) is 0 Å².